The Hall–Kier alpha value is -1.27. The molecular weight excluding hydrogens is 312 g/mol. The van der Waals surface area contributed by atoms with Crippen LogP contribution in [0, 0.1) is 5.92 Å². The predicted molar refractivity (Wildman–Crippen MR) is 91.6 cm³/mol. The van der Waals surface area contributed by atoms with E-state index in [0.717, 1.165) is 38.0 Å². The van der Waals surface area contributed by atoms with Crippen LogP contribution in [0.5, 0.6) is 5.75 Å². The summed E-state index contributed by atoms with van der Waals surface area (Å²) in [6, 6.07) is 5.37. The molecule has 2 aliphatic rings. The molecule has 5 nitrogen and oxygen atoms in total. The second-order valence-corrected chi connectivity index (χ2v) is 8.56. The maximum absolute atomic E-state index is 12.9. The van der Waals surface area contributed by atoms with E-state index in [2.05, 4.69) is 23.5 Å². The lowest BCUT2D eigenvalue weighted by molar-refractivity contribution is 0.262. The molecule has 23 heavy (non-hydrogen) atoms. The third-order valence-corrected chi connectivity index (χ3v) is 6.03. The van der Waals surface area contributed by atoms with Crippen molar-refractivity contribution in [1.82, 2.24) is 4.72 Å². The molecule has 0 aromatic heterocycles. The molecule has 0 saturated carbocycles. The van der Waals surface area contributed by atoms with E-state index in [0.29, 0.717) is 23.2 Å². The van der Waals surface area contributed by atoms with E-state index in [9.17, 15) is 8.42 Å². The average Bonchev–Trinajstić information content (AvgIpc) is 2.64. The Kier molecular flexibility index (Phi) is 4.82. The molecule has 1 saturated heterocycles. The molecule has 6 heteroatoms. The van der Waals surface area contributed by atoms with Crippen LogP contribution in [0.2, 0.25) is 0 Å². The average molecular weight is 338 g/mol. The molecule has 0 unspecified atom stereocenters. The normalized spacial score (nSPS) is 24.0. The first kappa shape index (κ1) is 16.6. The van der Waals surface area contributed by atoms with Crippen molar-refractivity contribution < 1.29 is 13.2 Å². The topological polar surface area (TPSA) is 58.6 Å². The largest absolute Gasteiger partial charge is 0.490 e. The summed E-state index contributed by atoms with van der Waals surface area (Å²) in [7, 11) is -3.57. The van der Waals surface area contributed by atoms with Crippen molar-refractivity contribution in [1.29, 1.82) is 0 Å². The van der Waals surface area contributed by atoms with Crippen LogP contribution in [0.25, 0.3) is 0 Å². The molecule has 128 valence electrons. The third-order valence-electron chi connectivity index (χ3n) is 4.44. The van der Waals surface area contributed by atoms with E-state index in [1.54, 1.807) is 6.07 Å². The van der Waals surface area contributed by atoms with Gasteiger partial charge in [-0.2, -0.15) is 0 Å². The first-order valence-electron chi connectivity index (χ1n) is 8.50. The monoisotopic (exact) mass is 338 g/mol. The van der Waals surface area contributed by atoms with E-state index in [4.69, 9.17) is 4.74 Å². The van der Waals surface area contributed by atoms with Crippen molar-refractivity contribution in [3.8, 4) is 5.75 Å². The van der Waals surface area contributed by atoms with Gasteiger partial charge in [-0.15, -0.1) is 0 Å². The highest BCUT2D eigenvalue weighted by atomic mass is 32.2. The van der Waals surface area contributed by atoms with Gasteiger partial charge in [0.2, 0.25) is 10.0 Å². The summed E-state index contributed by atoms with van der Waals surface area (Å²) in [6.45, 7) is 6.37. The fourth-order valence-corrected chi connectivity index (χ4v) is 5.05. The zero-order chi connectivity index (χ0) is 16.4. The maximum atomic E-state index is 12.9. The molecule has 1 fully saturated rings. The van der Waals surface area contributed by atoms with E-state index in [1.165, 1.54) is 6.42 Å². The lowest BCUT2D eigenvalue weighted by Gasteiger charge is -2.30. The van der Waals surface area contributed by atoms with Gasteiger partial charge in [0.05, 0.1) is 11.7 Å². The second-order valence-electron chi connectivity index (χ2n) is 6.91. The highest BCUT2D eigenvalue weighted by Crippen LogP contribution is 2.37. The first-order valence-corrected chi connectivity index (χ1v) is 9.99. The second kappa shape index (κ2) is 6.69. The van der Waals surface area contributed by atoms with E-state index < -0.39 is 10.0 Å². The zero-order valence-corrected chi connectivity index (χ0v) is 14.7. The highest BCUT2D eigenvalue weighted by Gasteiger charge is 2.32. The van der Waals surface area contributed by atoms with Crippen LogP contribution in [0.15, 0.2) is 23.1 Å². The number of nitrogens with one attached hydrogen (secondary N) is 1. The molecule has 0 amide bonds. The number of hydrogen-bond donors (Lipinski definition) is 1. The smallest absolute Gasteiger partial charge is 0.246 e. The summed E-state index contributed by atoms with van der Waals surface area (Å²) >= 11 is 0. The van der Waals surface area contributed by atoms with Gasteiger partial charge in [-0.3, -0.25) is 0 Å². The maximum Gasteiger partial charge on any atom is 0.246 e. The summed E-state index contributed by atoms with van der Waals surface area (Å²) in [5.74, 6) is 0.890. The number of hydrogen-bond acceptors (Lipinski definition) is 4. The molecule has 0 bridgehead atoms. The van der Waals surface area contributed by atoms with E-state index in [1.807, 2.05) is 12.1 Å². The summed E-state index contributed by atoms with van der Waals surface area (Å²) < 4.78 is 34.6. The Bertz CT molecular complexity index is 652. The minimum atomic E-state index is -3.57. The minimum absolute atomic E-state index is 0.179. The fraction of sp³-hybridized carbons (Fsp3) is 0.647. The number of rotatable bonds is 3. The number of nitrogens with zero attached hydrogens (tertiary/aromatic N) is 1. The standard InChI is InChI=1S/C17H26N2O3S/c1-13(2)11-14-12-22-16-8-6-7-15(17(16)23(20,21)18-14)19-9-4-3-5-10-19/h6-8,13-14,18H,3-5,9-12H2,1-2H3/t14-/m0/s1. The van der Waals surface area contributed by atoms with E-state index in [-0.39, 0.29) is 6.04 Å². The van der Waals surface area contributed by atoms with Gasteiger partial charge in [0.1, 0.15) is 17.3 Å². The van der Waals surface area contributed by atoms with Crippen LogP contribution >= 0.6 is 0 Å². The van der Waals surface area contributed by atoms with Crippen molar-refractivity contribution in [3.05, 3.63) is 18.2 Å². The van der Waals surface area contributed by atoms with Crippen molar-refractivity contribution in [2.24, 2.45) is 5.92 Å². The molecule has 3 rings (SSSR count). The van der Waals surface area contributed by atoms with Crippen LogP contribution < -0.4 is 14.4 Å². The van der Waals surface area contributed by atoms with Crippen LogP contribution in [0.1, 0.15) is 39.5 Å². The molecule has 0 radical (unpaired) electrons. The molecule has 1 atom stereocenters. The lowest BCUT2D eigenvalue weighted by Crippen LogP contribution is -2.38. The molecule has 1 aromatic carbocycles. The zero-order valence-electron chi connectivity index (χ0n) is 13.9. The molecule has 2 heterocycles. The van der Waals surface area contributed by atoms with Crippen LogP contribution in [0.4, 0.5) is 5.69 Å². The third kappa shape index (κ3) is 3.63. The molecule has 1 aromatic rings. The number of anilines is 1. The summed E-state index contributed by atoms with van der Waals surface area (Å²) in [4.78, 5) is 2.49. The Labute approximate surface area is 139 Å². The molecule has 0 spiro atoms. The molecule has 1 N–H and O–H groups in total. The van der Waals surface area contributed by atoms with Crippen molar-refractivity contribution in [2.45, 2.75) is 50.5 Å². The van der Waals surface area contributed by atoms with Gasteiger partial charge in [-0.05, 0) is 43.7 Å². The van der Waals surface area contributed by atoms with Gasteiger partial charge >= 0.3 is 0 Å². The SMILES string of the molecule is CC(C)C[C@H]1COc2cccc(N3CCCCC3)c2S(=O)(=O)N1. The Morgan fingerprint density at radius 3 is 2.70 bits per heavy atom. The van der Waals surface area contributed by atoms with Gasteiger partial charge in [-0.1, -0.05) is 19.9 Å². The van der Waals surface area contributed by atoms with E-state index >= 15 is 0 Å². The summed E-state index contributed by atoms with van der Waals surface area (Å²) in [5.41, 5.74) is 0.778. The number of fused-ring (bicyclic) bond motifs is 1. The fourth-order valence-electron chi connectivity index (χ4n) is 3.46. The molecule has 2 aliphatic heterocycles. The summed E-state index contributed by atoms with van der Waals surface area (Å²) in [5, 5.41) is 0. The van der Waals surface area contributed by atoms with Gasteiger partial charge in [0.25, 0.3) is 0 Å². The molecule has 0 aliphatic carbocycles. The first-order chi connectivity index (χ1) is 11.0. The summed E-state index contributed by atoms with van der Waals surface area (Å²) in [6.07, 6.45) is 4.19. The van der Waals surface area contributed by atoms with Crippen LogP contribution in [-0.2, 0) is 10.0 Å². The van der Waals surface area contributed by atoms with Gasteiger partial charge in [0.15, 0.2) is 0 Å². The van der Waals surface area contributed by atoms with Crippen molar-refractivity contribution in [3.63, 3.8) is 0 Å². The van der Waals surface area contributed by atoms with Crippen LogP contribution in [0.3, 0.4) is 0 Å². The Morgan fingerprint density at radius 1 is 1.26 bits per heavy atom. The number of benzene rings is 1. The van der Waals surface area contributed by atoms with Gasteiger partial charge < -0.3 is 9.64 Å². The van der Waals surface area contributed by atoms with Gasteiger partial charge in [0, 0.05) is 13.1 Å². The quantitative estimate of drug-likeness (QED) is 0.921. The van der Waals surface area contributed by atoms with Crippen molar-refractivity contribution >= 4 is 15.7 Å². The molecular formula is C17H26N2O3S. The van der Waals surface area contributed by atoms with Crippen LogP contribution in [-0.4, -0.2) is 34.2 Å². The minimum Gasteiger partial charge on any atom is -0.490 e. The van der Waals surface area contributed by atoms with Gasteiger partial charge in [-0.25, -0.2) is 13.1 Å². The van der Waals surface area contributed by atoms with Crippen molar-refractivity contribution in [2.75, 3.05) is 24.6 Å². The Balaban J connectivity index is 1.97. The Morgan fingerprint density at radius 2 is 2.00 bits per heavy atom. The number of ether oxygens (including phenoxy) is 1. The predicted octanol–water partition coefficient (Wildman–Crippen LogP) is 2.76. The number of sulfonamides is 1. The lowest BCUT2D eigenvalue weighted by atomic mass is 10.1. The number of piperidine rings is 1. The highest BCUT2D eigenvalue weighted by molar-refractivity contribution is 7.89.